The number of amides is 1. The average Bonchev–Trinajstić information content (AvgIpc) is 2.78. The third kappa shape index (κ3) is 2.68. The molecule has 0 aliphatic carbocycles. The van der Waals surface area contributed by atoms with Crippen molar-refractivity contribution >= 4 is 5.91 Å². The molecule has 0 radical (unpaired) electrons. The topological polar surface area (TPSA) is 71.2 Å². The van der Waals surface area contributed by atoms with Crippen LogP contribution in [0.4, 0.5) is 0 Å². The third-order valence-corrected chi connectivity index (χ3v) is 3.48. The van der Waals surface area contributed by atoms with Crippen LogP contribution in [-0.4, -0.2) is 44.0 Å². The number of aliphatic hydroxyl groups excluding tert-OH is 1. The van der Waals surface area contributed by atoms with Gasteiger partial charge in [0.05, 0.1) is 18.3 Å². The van der Waals surface area contributed by atoms with Gasteiger partial charge in [0, 0.05) is 18.7 Å². The van der Waals surface area contributed by atoms with Crippen LogP contribution in [0.15, 0.2) is 17.8 Å². The van der Waals surface area contributed by atoms with E-state index in [9.17, 15) is 9.90 Å². The zero-order chi connectivity index (χ0) is 14.0. The summed E-state index contributed by atoms with van der Waals surface area (Å²) in [7, 11) is 0. The van der Waals surface area contributed by atoms with Gasteiger partial charge in [0.2, 0.25) is 5.91 Å². The van der Waals surface area contributed by atoms with Gasteiger partial charge < -0.3 is 10.0 Å². The quantitative estimate of drug-likeness (QED) is 0.826. The maximum absolute atomic E-state index is 12.1. The van der Waals surface area contributed by atoms with Crippen molar-refractivity contribution in [3.8, 4) is 0 Å². The Bertz CT molecular complexity index is 487. The first-order chi connectivity index (χ1) is 9.06. The first kappa shape index (κ1) is 13.7. The zero-order valence-electron chi connectivity index (χ0n) is 11.6. The Morgan fingerprint density at radius 3 is 2.79 bits per heavy atom. The monoisotopic (exact) mass is 264 g/mol. The Balaban J connectivity index is 1.94. The van der Waals surface area contributed by atoms with Crippen LogP contribution in [0.5, 0.6) is 0 Å². The molecule has 0 bridgehead atoms. The summed E-state index contributed by atoms with van der Waals surface area (Å²) in [5.41, 5.74) is 1.41. The summed E-state index contributed by atoms with van der Waals surface area (Å²) < 4.78 is 1.73. The highest BCUT2D eigenvalue weighted by atomic mass is 16.3. The molecule has 0 spiro atoms. The van der Waals surface area contributed by atoms with Crippen LogP contribution < -0.4 is 0 Å². The van der Waals surface area contributed by atoms with Gasteiger partial charge in [-0.2, -0.15) is 0 Å². The Kier molecular flexibility index (Phi) is 3.99. The van der Waals surface area contributed by atoms with Crippen LogP contribution in [0, 0.1) is 0 Å². The van der Waals surface area contributed by atoms with Gasteiger partial charge in [0.1, 0.15) is 5.69 Å². The van der Waals surface area contributed by atoms with Crippen LogP contribution >= 0.6 is 0 Å². The standard InChI is InChI=1S/C13H20N4O2/c1-4-10(5-2)13(19)16-6-11(7-16)17-8-12(9(3)18)14-15-17/h4,8-9,11,18H,5-7H2,1-3H3/b10-4+. The average molecular weight is 264 g/mol. The molecule has 1 fully saturated rings. The molecule has 1 aromatic rings. The minimum Gasteiger partial charge on any atom is -0.387 e. The molecule has 1 atom stereocenters. The number of carbonyl (C=O) groups is 1. The summed E-state index contributed by atoms with van der Waals surface area (Å²) in [4.78, 5) is 13.9. The Morgan fingerprint density at radius 2 is 2.32 bits per heavy atom. The summed E-state index contributed by atoms with van der Waals surface area (Å²) >= 11 is 0. The van der Waals surface area contributed by atoms with Crippen LogP contribution in [0.3, 0.4) is 0 Å². The SMILES string of the molecule is C/C=C(\CC)C(=O)N1CC(n2cc(C(C)O)nn2)C1. The highest BCUT2D eigenvalue weighted by Crippen LogP contribution is 2.23. The molecule has 1 aliphatic rings. The molecule has 1 aromatic heterocycles. The van der Waals surface area contributed by atoms with E-state index in [1.165, 1.54) is 0 Å². The van der Waals surface area contributed by atoms with Crippen molar-refractivity contribution in [3.05, 3.63) is 23.5 Å². The number of carbonyl (C=O) groups excluding carboxylic acids is 1. The second-order valence-corrected chi connectivity index (χ2v) is 4.83. The summed E-state index contributed by atoms with van der Waals surface area (Å²) in [5.74, 6) is 0.108. The van der Waals surface area contributed by atoms with E-state index in [2.05, 4.69) is 10.3 Å². The van der Waals surface area contributed by atoms with E-state index in [4.69, 9.17) is 0 Å². The van der Waals surface area contributed by atoms with E-state index in [1.807, 2.05) is 24.8 Å². The lowest BCUT2D eigenvalue weighted by Gasteiger charge is -2.39. The highest BCUT2D eigenvalue weighted by Gasteiger charge is 2.33. The number of likely N-dealkylation sites (tertiary alicyclic amines) is 1. The first-order valence-corrected chi connectivity index (χ1v) is 6.61. The number of allylic oxidation sites excluding steroid dienone is 1. The fourth-order valence-electron chi connectivity index (χ4n) is 2.13. The van der Waals surface area contributed by atoms with E-state index in [-0.39, 0.29) is 11.9 Å². The van der Waals surface area contributed by atoms with E-state index in [1.54, 1.807) is 17.8 Å². The molecule has 1 unspecified atom stereocenters. The van der Waals surface area contributed by atoms with Crippen molar-refractivity contribution in [2.24, 2.45) is 0 Å². The largest absolute Gasteiger partial charge is 0.387 e. The Morgan fingerprint density at radius 1 is 1.63 bits per heavy atom. The molecule has 6 nitrogen and oxygen atoms in total. The number of rotatable bonds is 4. The minimum absolute atomic E-state index is 0.108. The first-order valence-electron chi connectivity index (χ1n) is 6.61. The molecular formula is C13H20N4O2. The molecule has 1 aliphatic heterocycles. The van der Waals surface area contributed by atoms with Crippen LogP contribution in [0.25, 0.3) is 0 Å². The maximum atomic E-state index is 12.1. The predicted octanol–water partition coefficient (Wildman–Crippen LogP) is 1.07. The van der Waals surface area contributed by atoms with E-state index < -0.39 is 6.10 Å². The summed E-state index contributed by atoms with van der Waals surface area (Å²) in [5, 5.41) is 17.3. The van der Waals surface area contributed by atoms with Crippen molar-refractivity contribution < 1.29 is 9.90 Å². The fraction of sp³-hybridized carbons (Fsp3) is 0.615. The third-order valence-electron chi connectivity index (χ3n) is 3.48. The van der Waals surface area contributed by atoms with Crippen molar-refractivity contribution in [2.45, 2.75) is 39.3 Å². The number of hydrogen-bond donors (Lipinski definition) is 1. The second-order valence-electron chi connectivity index (χ2n) is 4.83. The van der Waals surface area contributed by atoms with Crippen LogP contribution in [0.2, 0.25) is 0 Å². The smallest absolute Gasteiger partial charge is 0.249 e. The molecule has 2 heterocycles. The number of aliphatic hydroxyl groups is 1. The molecule has 0 aromatic carbocycles. The molecule has 1 amide bonds. The molecule has 1 saturated heterocycles. The maximum Gasteiger partial charge on any atom is 0.249 e. The molecule has 6 heteroatoms. The van der Waals surface area contributed by atoms with Crippen LogP contribution in [0.1, 0.15) is 45.0 Å². The van der Waals surface area contributed by atoms with E-state index >= 15 is 0 Å². The number of nitrogens with zero attached hydrogens (tertiary/aromatic N) is 4. The predicted molar refractivity (Wildman–Crippen MR) is 70.3 cm³/mol. The molecule has 104 valence electrons. The van der Waals surface area contributed by atoms with Gasteiger partial charge in [0.15, 0.2) is 0 Å². The molecule has 1 N–H and O–H groups in total. The van der Waals surface area contributed by atoms with Gasteiger partial charge in [-0.05, 0) is 20.3 Å². The van der Waals surface area contributed by atoms with Gasteiger partial charge >= 0.3 is 0 Å². The minimum atomic E-state index is -0.610. The van der Waals surface area contributed by atoms with E-state index in [0.717, 1.165) is 12.0 Å². The van der Waals surface area contributed by atoms with Crippen molar-refractivity contribution in [1.82, 2.24) is 19.9 Å². The van der Waals surface area contributed by atoms with Crippen molar-refractivity contribution in [1.29, 1.82) is 0 Å². The Hall–Kier alpha value is -1.69. The van der Waals surface area contributed by atoms with Crippen LogP contribution in [-0.2, 0) is 4.79 Å². The number of aromatic nitrogens is 3. The normalized spacial score (nSPS) is 18.3. The molecule has 2 rings (SSSR count). The molecule has 0 saturated carbocycles. The Labute approximate surface area is 112 Å². The molecular weight excluding hydrogens is 244 g/mol. The zero-order valence-corrected chi connectivity index (χ0v) is 11.6. The lowest BCUT2D eigenvalue weighted by Crippen LogP contribution is -2.51. The van der Waals surface area contributed by atoms with Gasteiger partial charge in [-0.1, -0.05) is 18.2 Å². The molecule has 19 heavy (non-hydrogen) atoms. The summed E-state index contributed by atoms with van der Waals surface area (Å²) in [6, 6.07) is 0.166. The van der Waals surface area contributed by atoms with Gasteiger partial charge in [-0.3, -0.25) is 4.79 Å². The highest BCUT2D eigenvalue weighted by molar-refractivity contribution is 5.93. The van der Waals surface area contributed by atoms with Gasteiger partial charge in [-0.15, -0.1) is 5.10 Å². The lowest BCUT2D eigenvalue weighted by atomic mass is 10.1. The summed E-state index contributed by atoms with van der Waals surface area (Å²) in [6.07, 6.45) is 3.76. The van der Waals surface area contributed by atoms with E-state index in [0.29, 0.717) is 18.8 Å². The summed E-state index contributed by atoms with van der Waals surface area (Å²) in [6.45, 7) is 6.83. The second kappa shape index (κ2) is 5.52. The van der Waals surface area contributed by atoms with Gasteiger partial charge in [0.25, 0.3) is 0 Å². The number of hydrogen-bond acceptors (Lipinski definition) is 4. The van der Waals surface area contributed by atoms with Crippen molar-refractivity contribution in [2.75, 3.05) is 13.1 Å². The van der Waals surface area contributed by atoms with Crippen molar-refractivity contribution in [3.63, 3.8) is 0 Å². The fourth-order valence-corrected chi connectivity index (χ4v) is 2.13. The lowest BCUT2D eigenvalue weighted by molar-refractivity contribution is -0.133. The van der Waals surface area contributed by atoms with Gasteiger partial charge in [-0.25, -0.2) is 4.68 Å².